The van der Waals surface area contributed by atoms with Gasteiger partial charge >= 0.3 is 6.16 Å². The molecule has 3 rings (SSSR count). The van der Waals surface area contributed by atoms with E-state index in [1.54, 1.807) is 27.8 Å². The van der Waals surface area contributed by atoms with E-state index in [0.717, 1.165) is 24.3 Å². The van der Waals surface area contributed by atoms with Crippen molar-refractivity contribution in [3.05, 3.63) is 58.8 Å². The first-order valence-electron chi connectivity index (χ1n) is 7.99. The summed E-state index contributed by atoms with van der Waals surface area (Å²) in [7, 11) is 3.21. The fourth-order valence-electron chi connectivity index (χ4n) is 2.52. The number of hydrogen-bond donors (Lipinski definition) is 0. The van der Waals surface area contributed by atoms with Gasteiger partial charge in [-0.1, -0.05) is 16.9 Å². The Labute approximate surface area is 158 Å². The molecule has 1 aliphatic carbocycles. The topological polar surface area (TPSA) is 91.6 Å². The first kappa shape index (κ1) is 18.5. The van der Waals surface area contributed by atoms with Gasteiger partial charge in [-0.05, 0) is 54.3 Å². The minimum Gasteiger partial charge on any atom is -0.429 e. The number of ether oxygens (including phenoxy) is 2. The Hall–Kier alpha value is -2.26. The van der Waals surface area contributed by atoms with E-state index in [-0.39, 0.29) is 22.8 Å². The molecule has 2 atom stereocenters. The molecule has 0 saturated heterocycles. The van der Waals surface area contributed by atoms with Gasteiger partial charge in [0.1, 0.15) is 16.9 Å². The standard InChI is InChI=1S/C17H16N2O5S2/c20-17(23-13-9-7-12(8-10-13)19(21)22)24-14-4-3-5-15(14)25-26-16-6-1-2-11-18-16/h1-2,6-11,14-15H,3-5H2/t14-,15?/m0/s1. The summed E-state index contributed by atoms with van der Waals surface area (Å²) < 4.78 is 10.6. The summed E-state index contributed by atoms with van der Waals surface area (Å²) in [5, 5.41) is 11.7. The lowest BCUT2D eigenvalue weighted by Crippen LogP contribution is -2.25. The second kappa shape index (κ2) is 8.91. The first-order valence-corrected chi connectivity index (χ1v) is 10.2. The molecule has 1 saturated carbocycles. The minimum absolute atomic E-state index is 0.0653. The highest BCUT2D eigenvalue weighted by molar-refractivity contribution is 8.76. The van der Waals surface area contributed by atoms with E-state index >= 15 is 0 Å². The van der Waals surface area contributed by atoms with Crippen molar-refractivity contribution in [2.75, 3.05) is 0 Å². The number of pyridine rings is 1. The molecule has 0 N–H and O–H groups in total. The molecule has 1 aromatic carbocycles. The Morgan fingerprint density at radius 3 is 2.69 bits per heavy atom. The summed E-state index contributed by atoms with van der Waals surface area (Å²) in [6.07, 6.45) is 3.46. The molecule has 136 valence electrons. The second-order valence-electron chi connectivity index (χ2n) is 5.58. The van der Waals surface area contributed by atoms with Gasteiger partial charge in [-0.2, -0.15) is 0 Å². The van der Waals surface area contributed by atoms with Crippen molar-refractivity contribution in [1.29, 1.82) is 0 Å². The Morgan fingerprint density at radius 2 is 2.00 bits per heavy atom. The second-order valence-corrected chi connectivity index (χ2v) is 8.04. The van der Waals surface area contributed by atoms with Crippen LogP contribution in [0.3, 0.4) is 0 Å². The van der Waals surface area contributed by atoms with Crippen LogP contribution in [0.2, 0.25) is 0 Å². The summed E-state index contributed by atoms with van der Waals surface area (Å²) >= 11 is 0. The van der Waals surface area contributed by atoms with E-state index in [1.165, 1.54) is 24.3 Å². The highest BCUT2D eigenvalue weighted by Crippen LogP contribution is 2.41. The van der Waals surface area contributed by atoms with Crippen molar-refractivity contribution in [2.45, 2.75) is 35.6 Å². The van der Waals surface area contributed by atoms with Crippen LogP contribution in [0, 0.1) is 10.1 Å². The third kappa shape index (κ3) is 5.12. The van der Waals surface area contributed by atoms with Crippen LogP contribution in [-0.2, 0) is 4.74 Å². The summed E-state index contributed by atoms with van der Waals surface area (Å²) in [4.78, 5) is 26.4. The number of carbonyl (C=O) groups excluding carboxylic acids is 1. The Morgan fingerprint density at radius 1 is 1.19 bits per heavy atom. The number of nitro groups is 1. The number of benzene rings is 1. The zero-order valence-corrected chi connectivity index (χ0v) is 15.3. The zero-order chi connectivity index (χ0) is 18.4. The lowest BCUT2D eigenvalue weighted by atomic mass is 10.3. The van der Waals surface area contributed by atoms with E-state index < -0.39 is 11.1 Å². The summed E-state index contributed by atoms with van der Waals surface area (Å²) in [6.45, 7) is 0. The lowest BCUT2D eigenvalue weighted by Gasteiger charge is -2.18. The quantitative estimate of drug-likeness (QED) is 0.226. The number of hydrogen-bond acceptors (Lipinski definition) is 8. The van der Waals surface area contributed by atoms with Crippen LogP contribution in [0.25, 0.3) is 0 Å². The number of nitrogens with zero attached hydrogens (tertiary/aromatic N) is 2. The largest absolute Gasteiger partial charge is 0.514 e. The average molecular weight is 392 g/mol. The molecule has 0 radical (unpaired) electrons. The molecule has 2 aromatic rings. The average Bonchev–Trinajstić information content (AvgIpc) is 3.08. The molecule has 7 nitrogen and oxygen atoms in total. The highest BCUT2D eigenvalue weighted by atomic mass is 33.1. The highest BCUT2D eigenvalue weighted by Gasteiger charge is 2.32. The number of nitro benzene ring substituents is 1. The molecule has 1 fully saturated rings. The van der Waals surface area contributed by atoms with E-state index in [2.05, 4.69) is 4.98 Å². The number of non-ortho nitro benzene ring substituents is 1. The van der Waals surface area contributed by atoms with E-state index in [4.69, 9.17) is 9.47 Å². The maximum atomic E-state index is 12.0. The molecule has 0 bridgehead atoms. The first-order chi connectivity index (χ1) is 12.6. The molecule has 0 spiro atoms. The van der Waals surface area contributed by atoms with Crippen molar-refractivity contribution in [3.8, 4) is 5.75 Å². The van der Waals surface area contributed by atoms with Crippen LogP contribution in [0.15, 0.2) is 53.7 Å². The normalized spacial score (nSPS) is 19.1. The Kier molecular flexibility index (Phi) is 6.35. The molecule has 1 heterocycles. The summed E-state index contributed by atoms with van der Waals surface area (Å²) in [5.74, 6) is 0.214. The van der Waals surface area contributed by atoms with Crippen molar-refractivity contribution in [2.24, 2.45) is 0 Å². The van der Waals surface area contributed by atoms with Crippen molar-refractivity contribution >= 4 is 33.4 Å². The fraction of sp³-hybridized carbons (Fsp3) is 0.294. The predicted octanol–water partition coefficient (Wildman–Crippen LogP) is 4.87. The van der Waals surface area contributed by atoms with Crippen molar-refractivity contribution in [1.82, 2.24) is 4.98 Å². The third-order valence-corrected chi connectivity index (χ3v) is 6.62. The molecule has 0 amide bonds. The minimum atomic E-state index is -0.792. The zero-order valence-electron chi connectivity index (χ0n) is 13.6. The molecule has 0 aliphatic heterocycles. The van der Waals surface area contributed by atoms with Gasteiger partial charge < -0.3 is 9.47 Å². The summed E-state index contributed by atoms with van der Waals surface area (Å²) in [6, 6.07) is 11.0. The van der Waals surface area contributed by atoms with Gasteiger partial charge in [-0.25, -0.2) is 9.78 Å². The van der Waals surface area contributed by atoms with Crippen LogP contribution in [0.4, 0.5) is 10.5 Å². The molecule has 26 heavy (non-hydrogen) atoms. The van der Waals surface area contributed by atoms with E-state index in [0.29, 0.717) is 0 Å². The molecule has 1 aliphatic rings. The lowest BCUT2D eigenvalue weighted by molar-refractivity contribution is -0.384. The van der Waals surface area contributed by atoms with Gasteiger partial charge in [0, 0.05) is 18.3 Å². The van der Waals surface area contributed by atoms with Gasteiger partial charge in [-0.15, -0.1) is 0 Å². The maximum absolute atomic E-state index is 12.0. The SMILES string of the molecule is O=C(Oc1ccc([N+](=O)[O-])cc1)O[C@H]1CCCC1SSc1ccccn1. The number of carbonyl (C=O) groups is 1. The maximum Gasteiger partial charge on any atom is 0.514 e. The van der Waals surface area contributed by atoms with Gasteiger partial charge in [0.25, 0.3) is 5.69 Å². The summed E-state index contributed by atoms with van der Waals surface area (Å²) in [5.41, 5.74) is -0.0653. The van der Waals surface area contributed by atoms with Crippen LogP contribution in [-0.4, -0.2) is 27.4 Å². The molecular weight excluding hydrogens is 376 g/mol. The third-order valence-electron chi connectivity index (χ3n) is 3.78. The van der Waals surface area contributed by atoms with Crippen LogP contribution >= 0.6 is 21.6 Å². The van der Waals surface area contributed by atoms with E-state index in [9.17, 15) is 14.9 Å². The van der Waals surface area contributed by atoms with Gasteiger partial charge in [0.05, 0.1) is 10.2 Å². The molecular formula is C17H16N2O5S2. The van der Waals surface area contributed by atoms with Crippen molar-refractivity contribution < 1.29 is 19.2 Å². The van der Waals surface area contributed by atoms with Gasteiger partial charge in [0.15, 0.2) is 0 Å². The van der Waals surface area contributed by atoms with Gasteiger partial charge in [0.2, 0.25) is 0 Å². The molecule has 1 aromatic heterocycles. The van der Waals surface area contributed by atoms with Gasteiger partial charge in [-0.3, -0.25) is 10.1 Å². The number of rotatable bonds is 6. The molecule has 9 heteroatoms. The van der Waals surface area contributed by atoms with Crippen LogP contribution in [0.5, 0.6) is 5.75 Å². The van der Waals surface area contributed by atoms with Crippen LogP contribution < -0.4 is 4.74 Å². The predicted molar refractivity (Wildman–Crippen MR) is 99.3 cm³/mol. The van der Waals surface area contributed by atoms with Crippen molar-refractivity contribution in [3.63, 3.8) is 0 Å². The smallest absolute Gasteiger partial charge is 0.429 e. The monoisotopic (exact) mass is 392 g/mol. The Bertz CT molecular complexity index is 758. The Balaban J connectivity index is 1.50. The number of aromatic nitrogens is 1. The van der Waals surface area contributed by atoms with E-state index in [1.807, 2.05) is 18.2 Å². The van der Waals surface area contributed by atoms with Crippen LogP contribution in [0.1, 0.15) is 19.3 Å². The molecule has 1 unspecified atom stereocenters. The fourth-order valence-corrected chi connectivity index (χ4v) is 5.19.